The van der Waals surface area contributed by atoms with E-state index in [1.54, 1.807) is 36.4 Å². The summed E-state index contributed by atoms with van der Waals surface area (Å²) in [5.74, 6) is 2.32. The number of nitriles is 1. The van der Waals surface area contributed by atoms with Gasteiger partial charge in [0.1, 0.15) is 11.5 Å². The number of ether oxygens (including phenoxy) is 2. The Kier molecular flexibility index (Phi) is 7.08. The lowest BCUT2D eigenvalue weighted by Crippen LogP contribution is -2.20. The zero-order chi connectivity index (χ0) is 19.8. The summed E-state index contributed by atoms with van der Waals surface area (Å²) in [6.45, 7) is 3.01. The Hall–Kier alpha value is -2.80. The minimum absolute atomic E-state index is 0.419. The molecule has 0 atom stereocenters. The van der Waals surface area contributed by atoms with Gasteiger partial charge in [0.2, 0.25) is 0 Å². The van der Waals surface area contributed by atoms with Crippen molar-refractivity contribution in [3.63, 3.8) is 0 Å². The Morgan fingerprint density at radius 2 is 1.57 bits per heavy atom. The molecule has 4 heteroatoms. The Bertz CT molecular complexity index is 797. The van der Waals surface area contributed by atoms with E-state index in [1.807, 2.05) is 18.2 Å². The summed E-state index contributed by atoms with van der Waals surface area (Å²) in [7, 11) is 0. The SMILES string of the molecule is CCCC1CCC(COc2ccc(C(=O)Oc3ccc(C#N)cc3)cc2)CC1. The van der Waals surface area contributed by atoms with Crippen LogP contribution in [0.5, 0.6) is 11.5 Å². The van der Waals surface area contributed by atoms with Crippen LogP contribution in [0.3, 0.4) is 0 Å². The van der Waals surface area contributed by atoms with Crippen LogP contribution < -0.4 is 9.47 Å². The van der Waals surface area contributed by atoms with Crippen LogP contribution in [0, 0.1) is 23.2 Å². The number of hydrogen-bond acceptors (Lipinski definition) is 4. The molecular formula is C24H27NO3. The van der Waals surface area contributed by atoms with E-state index in [0.717, 1.165) is 18.3 Å². The highest BCUT2D eigenvalue weighted by Gasteiger charge is 2.21. The second kappa shape index (κ2) is 9.94. The maximum absolute atomic E-state index is 12.2. The largest absolute Gasteiger partial charge is 0.493 e. The predicted octanol–water partition coefficient (Wildman–Crippen LogP) is 5.76. The maximum Gasteiger partial charge on any atom is 0.343 e. The van der Waals surface area contributed by atoms with Crippen LogP contribution in [0.1, 0.15) is 61.4 Å². The minimum Gasteiger partial charge on any atom is -0.493 e. The highest BCUT2D eigenvalue weighted by Crippen LogP contribution is 2.32. The number of nitrogens with zero attached hydrogens (tertiary/aromatic N) is 1. The van der Waals surface area contributed by atoms with Crippen molar-refractivity contribution in [3.8, 4) is 17.6 Å². The molecule has 0 aromatic heterocycles. The van der Waals surface area contributed by atoms with E-state index in [-0.39, 0.29) is 0 Å². The van der Waals surface area contributed by atoms with Gasteiger partial charge in [-0.1, -0.05) is 32.6 Å². The van der Waals surface area contributed by atoms with Gasteiger partial charge in [-0.25, -0.2) is 4.79 Å². The number of benzene rings is 2. The van der Waals surface area contributed by atoms with Crippen LogP contribution in [0.2, 0.25) is 0 Å². The van der Waals surface area contributed by atoms with Gasteiger partial charge in [-0.15, -0.1) is 0 Å². The molecule has 0 unspecified atom stereocenters. The van der Waals surface area contributed by atoms with E-state index >= 15 is 0 Å². The van der Waals surface area contributed by atoms with Gasteiger partial charge in [-0.3, -0.25) is 0 Å². The second-order valence-corrected chi connectivity index (χ2v) is 7.54. The number of carbonyl (C=O) groups excluding carboxylic acids is 1. The Morgan fingerprint density at radius 1 is 0.964 bits per heavy atom. The highest BCUT2D eigenvalue weighted by molar-refractivity contribution is 5.91. The summed E-state index contributed by atoms with van der Waals surface area (Å²) < 4.78 is 11.3. The first kappa shape index (κ1) is 19.9. The van der Waals surface area contributed by atoms with Crippen LogP contribution in [0.25, 0.3) is 0 Å². The van der Waals surface area contributed by atoms with Gasteiger partial charge in [-0.05, 0) is 73.2 Å². The van der Waals surface area contributed by atoms with Crippen molar-refractivity contribution in [3.05, 3.63) is 59.7 Å². The average Bonchev–Trinajstić information content (AvgIpc) is 2.74. The lowest BCUT2D eigenvalue weighted by Gasteiger charge is -2.28. The molecule has 4 nitrogen and oxygen atoms in total. The molecule has 0 aliphatic heterocycles. The third-order valence-electron chi connectivity index (χ3n) is 5.43. The van der Waals surface area contributed by atoms with Crippen LogP contribution in [-0.2, 0) is 0 Å². The maximum atomic E-state index is 12.2. The minimum atomic E-state index is -0.425. The molecule has 0 amide bonds. The number of carbonyl (C=O) groups is 1. The molecule has 1 fully saturated rings. The summed E-state index contributed by atoms with van der Waals surface area (Å²) in [6.07, 6.45) is 7.78. The van der Waals surface area contributed by atoms with E-state index in [9.17, 15) is 4.79 Å². The first-order valence-electron chi connectivity index (χ1n) is 10.1. The first-order valence-corrected chi connectivity index (χ1v) is 10.1. The molecule has 0 heterocycles. The van der Waals surface area contributed by atoms with E-state index in [0.29, 0.717) is 22.8 Å². The zero-order valence-corrected chi connectivity index (χ0v) is 16.4. The van der Waals surface area contributed by atoms with E-state index in [1.165, 1.54) is 38.5 Å². The van der Waals surface area contributed by atoms with Gasteiger partial charge in [0, 0.05) is 0 Å². The molecule has 2 aromatic carbocycles. The molecule has 0 bridgehead atoms. The summed E-state index contributed by atoms with van der Waals surface area (Å²) in [5, 5.41) is 8.80. The highest BCUT2D eigenvalue weighted by atomic mass is 16.5. The molecule has 1 aliphatic carbocycles. The lowest BCUT2D eigenvalue weighted by molar-refractivity contribution is 0.0734. The average molecular weight is 377 g/mol. The molecular weight excluding hydrogens is 350 g/mol. The lowest BCUT2D eigenvalue weighted by atomic mass is 9.80. The number of hydrogen-bond donors (Lipinski definition) is 0. The molecule has 2 aromatic rings. The Labute approximate surface area is 167 Å². The molecule has 0 N–H and O–H groups in total. The fraction of sp³-hybridized carbons (Fsp3) is 0.417. The molecule has 1 aliphatic rings. The van der Waals surface area contributed by atoms with Crippen LogP contribution in [0.15, 0.2) is 48.5 Å². The van der Waals surface area contributed by atoms with Crippen molar-refractivity contribution < 1.29 is 14.3 Å². The van der Waals surface area contributed by atoms with Crippen molar-refractivity contribution in [2.45, 2.75) is 45.4 Å². The number of rotatable bonds is 7. The van der Waals surface area contributed by atoms with Crippen molar-refractivity contribution in [2.75, 3.05) is 6.61 Å². The molecule has 0 saturated heterocycles. The molecule has 28 heavy (non-hydrogen) atoms. The van der Waals surface area contributed by atoms with Crippen molar-refractivity contribution >= 4 is 5.97 Å². The van der Waals surface area contributed by atoms with Crippen LogP contribution in [0.4, 0.5) is 0 Å². The zero-order valence-electron chi connectivity index (χ0n) is 16.4. The standard InChI is InChI=1S/C24H27NO3/c1-2-3-18-4-6-20(7-5-18)17-27-22-14-10-21(11-15-22)24(26)28-23-12-8-19(16-25)9-13-23/h8-15,18,20H,2-7,17H2,1H3. The fourth-order valence-corrected chi connectivity index (χ4v) is 3.76. The van der Waals surface area contributed by atoms with Gasteiger partial charge in [0.05, 0.1) is 23.8 Å². The molecule has 3 rings (SSSR count). The van der Waals surface area contributed by atoms with E-state index in [4.69, 9.17) is 14.7 Å². The van der Waals surface area contributed by atoms with Crippen molar-refractivity contribution in [2.24, 2.45) is 11.8 Å². The summed E-state index contributed by atoms with van der Waals surface area (Å²) in [4.78, 5) is 12.2. The van der Waals surface area contributed by atoms with Gasteiger partial charge in [0.15, 0.2) is 0 Å². The number of esters is 1. The fourth-order valence-electron chi connectivity index (χ4n) is 3.76. The monoisotopic (exact) mass is 377 g/mol. The molecule has 0 spiro atoms. The smallest absolute Gasteiger partial charge is 0.343 e. The van der Waals surface area contributed by atoms with E-state index in [2.05, 4.69) is 6.92 Å². The third kappa shape index (κ3) is 5.60. The van der Waals surface area contributed by atoms with Gasteiger partial charge in [-0.2, -0.15) is 5.26 Å². The van der Waals surface area contributed by atoms with E-state index < -0.39 is 5.97 Å². The van der Waals surface area contributed by atoms with Crippen molar-refractivity contribution in [1.82, 2.24) is 0 Å². The second-order valence-electron chi connectivity index (χ2n) is 7.54. The third-order valence-corrected chi connectivity index (χ3v) is 5.43. The van der Waals surface area contributed by atoms with Gasteiger partial charge in [0.25, 0.3) is 0 Å². The summed E-state index contributed by atoms with van der Waals surface area (Å²) >= 11 is 0. The molecule has 1 saturated carbocycles. The topological polar surface area (TPSA) is 59.3 Å². The molecule has 146 valence electrons. The predicted molar refractivity (Wildman–Crippen MR) is 108 cm³/mol. The van der Waals surface area contributed by atoms with Gasteiger partial charge < -0.3 is 9.47 Å². The van der Waals surface area contributed by atoms with Crippen LogP contribution in [-0.4, -0.2) is 12.6 Å². The van der Waals surface area contributed by atoms with Gasteiger partial charge >= 0.3 is 5.97 Å². The summed E-state index contributed by atoms with van der Waals surface area (Å²) in [6, 6.07) is 15.6. The normalized spacial score (nSPS) is 18.9. The summed E-state index contributed by atoms with van der Waals surface area (Å²) in [5.41, 5.74) is 0.997. The quantitative estimate of drug-likeness (QED) is 0.454. The first-order chi connectivity index (χ1) is 13.7. The Balaban J connectivity index is 1.46. The van der Waals surface area contributed by atoms with Crippen LogP contribution >= 0.6 is 0 Å². The van der Waals surface area contributed by atoms with Crippen molar-refractivity contribution in [1.29, 1.82) is 5.26 Å². The Morgan fingerprint density at radius 3 is 2.18 bits per heavy atom. The molecule has 0 radical (unpaired) electrons.